The molecule has 1 aromatic carbocycles. The molecule has 0 unspecified atom stereocenters. The molecule has 0 atom stereocenters. The number of thioether (sulfide) groups is 1. The minimum atomic E-state index is -0.494. The number of anilines is 1. The monoisotopic (exact) mass is 324 g/mol. The van der Waals surface area contributed by atoms with Crippen molar-refractivity contribution < 1.29 is 19.1 Å². The Hall–Kier alpha value is -1.57. The highest BCUT2D eigenvalue weighted by Gasteiger charge is 2.24. The molecule has 1 N–H and O–H groups in total. The lowest BCUT2D eigenvalue weighted by Gasteiger charge is -2.22. The molecule has 0 aliphatic carbocycles. The van der Waals surface area contributed by atoms with Gasteiger partial charge >= 0.3 is 0 Å². The SMILES string of the molecule is COC(CNC(=O)CN1C(=O)CCSc2ccccc21)OC. The minimum Gasteiger partial charge on any atom is -0.354 e. The summed E-state index contributed by atoms with van der Waals surface area (Å²) < 4.78 is 10.0. The van der Waals surface area contributed by atoms with E-state index in [1.807, 2.05) is 24.3 Å². The van der Waals surface area contributed by atoms with E-state index in [2.05, 4.69) is 5.32 Å². The third-order valence-electron chi connectivity index (χ3n) is 3.32. The van der Waals surface area contributed by atoms with E-state index in [4.69, 9.17) is 9.47 Å². The van der Waals surface area contributed by atoms with E-state index in [0.717, 1.165) is 16.3 Å². The molecule has 0 fully saturated rings. The number of nitrogens with zero attached hydrogens (tertiary/aromatic N) is 1. The van der Waals surface area contributed by atoms with E-state index >= 15 is 0 Å². The molecule has 6 nitrogen and oxygen atoms in total. The van der Waals surface area contributed by atoms with Gasteiger partial charge in [-0.25, -0.2) is 0 Å². The van der Waals surface area contributed by atoms with E-state index in [9.17, 15) is 9.59 Å². The first-order chi connectivity index (χ1) is 10.7. The summed E-state index contributed by atoms with van der Waals surface area (Å²) in [7, 11) is 3.01. The molecule has 1 aromatic rings. The van der Waals surface area contributed by atoms with E-state index in [1.54, 1.807) is 16.7 Å². The van der Waals surface area contributed by atoms with Crippen LogP contribution in [0.2, 0.25) is 0 Å². The lowest BCUT2D eigenvalue weighted by atomic mass is 10.2. The lowest BCUT2D eigenvalue weighted by molar-refractivity contribution is -0.128. The Morgan fingerprint density at radius 1 is 1.36 bits per heavy atom. The fourth-order valence-corrected chi connectivity index (χ4v) is 3.15. The van der Waals surface area contributed by atoms with E-state index in [1.165, 1.54) is 14.2 Å². The average Bonchev–Trinajstić information content (AvgIpc) is 2.68. The van der Waals surface area contributed by atoms with Crippen molar-refractivity contribution in [2.45, 2.75) is 17.6 Å². The number of carbonyl (C=O) groups is 2. The third-order valence-corrected chi connectivity index (χ3v) is 4.39. The van der Waals surface area contributed by atoms with Crippen LogP contribution in [0.5, 0.6) is 0 Å². The number of rotatable bonds is 6. The molecular formula is C15H20N2O4S. The van der Waals surface area contributed by atoms with Crippen LogP contribution >= 0.6 is 11.8 Å². The first-order valence-electron chi connectivity index (χ1n) is 7.00. The van der Waals surface area contributed by atoms with Crippen molar-refractivity contribution in [2.24, 2.45) is 0 Å². The molecule has 0 spiro atoms. The van der Waals surface area contributed by atoms with Gasteiger partial charge in [-0.05, 0) is 12.1 Å². The van der Waals surface area contributed by atoms with Gasteiger partial charge in [0.2, 0.25) is 11.8 Å². The van der Waals surface area contributed by atoms with Crippen molar-refractivity contribution in [3.8, 4) is 0 Å². The summed E-state index contributed by atoms with van der Waals surface area (Å²) in [6.07, 6.45) is -0.0718. The highest BCUT2D eigenvalue weighted by atomic mass is 32.2. The normalized spacial score (nSPS) is 14.7. The Morgan fingerprint density at radius 2 is 2.09 bits per heavy atom. The largest absolute Gasteiger partial charge is 0.354 e. The summed E-state index contributed by atoms with van der Waals surface area (Å²) in [5.74, 6) is 0.445. The average molecular weight is 324 g/mol. The van der Waals surface area contributed by atoms with E-state index in [0.29, 0.717) is 6.42 Å². The van der Waals surface area contributed by atoms with E-state index in [-0.39, 0.29) is 24.9 Å². The molecule has 0 radical (unpaired) electrons. The van der Waals surface area contributed by atoms with Crippen molar-refractivity contribution in [1.82, 2.24) is 5.32 Å². The summed E-state index contributed by atoms with van der Waals surface area (Å²) in [6, 6.07) is 7.64. The second kappa shape index (κ2) is 8.17. The van der Waals surface area contributed by atoms with Crippen LogP contribution in [0.1, 0.15) is 6.42 Å². The highest BCUT2D eigenvalue weighted by Crippen LogP contribution is 2.33. The smallest absolute Gasteiger partial charge is 0.240 e. The molecule has 2 rings (SSSR count). The number of carbonyl (C=O) groups excluding carboxylic acids is 2. The van der Waals surface area contributed by atoms with E-state index < -0.39 is 6.29 Å². The molecule has 0 aromatic heterocycles. The van der Waals surface area contributed by atoms with Gasteiger partial charge in [-0.3, -0.25) is 9.59 Å². The van der Waals surface area contributed by atoms with Crippen LogP contribution in [0.25, 0.3) is 0 Å². The van der Waals surface area contributed by atoms with Crippen molar-refractivity contribution >= 4 is 29.3 Å². The standard InChI is InChI=1S/C15H20N2O4S/c1-20-15(21-2)9-16-13(18)10-17-11-5-3-4-6-12(11)22-8-7-14(17)19/h3-6,15H,7-10H2,1-2H3,(H,16,18). The van der Waals surface area contributed by atoms with Crippen molar-refractivity contribution in [1.29, 1.82) is 0 Å². The Balaban J connectivity index is 2.04. The Bertz CT molecular complexity index is 534. The summed E-state index contributed by atoms with van der Waals surface area (Å²) in [4.78, 5) is 26.9. The van der Waals surface area contributed by atoms with Gasteiger partial charge in [-0.2, -0.15) is 0 Å². The summed E-state index contributed by atoms with van der Waals surface area (Å²) >= 11 is 1.64. The van der Waals surface area contributed by atoms with Crippen LogP contribution in [-0.2, 0) is 19.1 Å². The van der Waals surface area contributed by atoms with Crippen molar-refractivity contribution in [3.05, 3.63) is 24.3 Å². The number of benzene rings is 1. The predicted molar refractivity (Wildman–Crippen MR) is 85.0 cm³/mol. The zero-order valence-electron chi connectivity index (χ0n) is 12.7. The molecule has 0 bridgehead atoms. The summed E-state index contributed by atoms with van der Waals surface area (Å²) in [5.41, 5.74) is 0.792. The number of amides is 2. The van der Waals surface area contributed by atoms with Gasteiger partial charge in [-0.15, -0.1) is 11.8 Å². The molecule has 0 saturated carbocycles. The van der Waals surface area contributed by atoms with Gasteiger partial charge in [0, 0.05) is 31.3 Å². The van der Waals surface area contributed by atoms with Gasteiger partial charge in [0.1, 0.15) is 6.54 Å². The maximum atomic E-state index is 12.2. The number of hydrogen-bond donors (Lipinski definition) is 1. The molecule has 7 heteroatoms. The predicted octanol–water partition coefficient (Wildman–Crippen LogP) is 1.25. The molecule has 22 heavy (non-hydrogen) atoms. The number of nitrogens with one attached hydrogen (secondary N) is 1. The summed E-state index contributed by atoms with van der Waals surface area (Å²) in [6.45, 7) is 0.237. The Kier molecular flexibility index (Phi) is 6.23. The topological polar surface area (TPSA) is 67.9 Å². The third kappa shape index (κ3) is 4.22. The molecule has 2 amide bonds. The van der Waals surface area contributed by atoms with Crippen LogP contribution < -0.4 is 10.2 Å². The highest BCUT2D eigenvalue weighted by molar-refractivity contribution is 7.99. The fraction of sp³-hybridized carbons (Fsp3) is 0.467. The minimum absolute atomic E-state index is 0.00342. The number of fused-ring (bicyclic) bond motifs is 1. The number of para-hydroxylation sites is 1. The molecular weight excluding hydrogens is 304 g/mol. The molecule has 1 heterocycles. The molecule has 1 aliphatic rings. The second-order valence-electron chi connectivity index (χ2n) is 4.75. The number of hydrogen-bond acceptors (Lipinski definition) is 5. The zero-order valence-corrected chi connectivity index (χ0v) is 13.5. The maximum Gasteiger partial charge on any atom is 0.240 e. The Labute approximate surface area is 134 Å². The van der Waals surface area contributed by atoms with Crippen LogP contribution in [0.4, 0.5) is 5.69 Å². The first kappa shape index (κ1) is 16.8. The van der Waals surface area contributed by atoms with Gasteiger partial charge in [0.05, 0.1) is 12.2 Å². The Morgan fingerprint density at radius 3 is 2.82 bits per heavy atom. The molecule has 1 aliphatic heterocycles. The van der Waals surface area contributed by atoms with Crippen LogP contribution in [0.15, 0.2) is 29.2 Å². The fourth-order valence-electron chi connectivity index (χ4n) is 2.15. The second-order valence-corrected chi connectivity index (χ2v) is 5.89. The quantitative estimate of drug-likeness (QED) is 0.798. The van der Waals surface area contributed by atoms with Crippen LogP contribution in [0.3, 0.4) is 0 Å². The molecule has 0 saturated heterocycles. The molecule has 120 valence electrons. The van der Waals surface area contributed by atoms with Gasteiger partial charge < -0.3 is 19.7 Å². The number of ether oxygens (including phenoxy) is 2. The van der Waals surface area contributed by atoms with Crippen molar-refractivity contribution in [3.63, 3.8) is 0 Å². The summed E-state index contributed by atoms with van der Waals surface area (Å²) in [5, 5.41) is 2.71. The van der Waals surface area contributed by atoms with Gasteiger partial charge in [-0.1, -0.05) is 12.1 Å². The van der Waals surface area contributed by atoms with Crippen LogP contribution in [-0.4, -0.2) is 51.2 Å². The van der Waals surface area contributed by atoms with Gasteiger partial charge in [0.15, 0.2) is 6.29 Å². The van der Waals surface area contributed by atoms with Crippen LogP contribution in [0, 0.1) is 0 Å². The van der Waals surface area contributed by atoms with Gasteiger partial charge in [0.25, 0.3) is 0 Å². The lowest BCUT2D eigenvalue weighted by Crippen LogP contribution is -2.43. The van der Waals surface area contributed by atoms with Crippen molar-refractivity contribution in [2.75, 3.05) is 38.0 Å². The maximum absolute atomic E-state index is 12.2. The first-order valence-corrected chi connectivity index (χ1v) is 7.98. The number of methoxy groups -OCH3 is 2. The zero-order chi connectivity index (χ0) is 15.9.